The summed E-state index contributed by atoms with van der Waals surface area (Å²) >= 11 is 11.8. The fourth-order valence-electron chi connectivity index (χ4n) is 1.53. The first kappa shape index (κ1) is 13.1. The van der Waals surface area contributed by atoms with E-state index in [0.29, 0.717) is 16.7 Å². The standard InChI is InChI=1S/C14H13Cl2NO/c1-9-6-11(3-5-14(9)17)18-8-10-2-4-12(15)13(16)7-10/h2-7H,8,17H2,1H3. The number of aryl methyl sites for hydroxylation is 1. The molecule has 2 nitrogen and oxygen atoms in total. The van der Waals surface area contributed by atoms with Gasteiger partial charge in [-0.15, -0.1) is 0 Å². The third-order valence-corrected chi connectivity index (χ3v) is 3.37. The molecule has 0 unspecified atom stereocenters. The highest BCUT2D eigenvalue weighted by Crippen LogP contribution is 2.24. The van der Waals surface area contributed by atoms with Crippen LogP contribution < -0.4 is 10.5 Å². The van der Waals surface area contributed by atoms with Gasteiger partial charge in [-0.3, -0.25) is 0 Å². The van der Waals surface area contributed by atoms with Gasteiger partial charge in [0.05, 0.1) is 10.0 Å². The number of benzene rings is 2. The molecule has 0 fully saturated rings. The van der Waals surface area contributed by atoms with Gasteiger partial charge in [0.2, 0.25) is 0 Å². The van der Waals surface area contributed by atoms with E-state index >= 15 is 0 Å². The van der Waals surface area contributed by atoms with Gasteiger partial charge >= 0.3 is 0 Å². The molecule has 0 amide bonds. The van der Waals surface area contributed by atoms with Crippen LogP contribution in [0.25, 0.3) is 0 Å². The maximum Gasteiger partial charge on any atom is 0.120 e. The summed E-state index contributed by atoms with van der Waals surface area (Å²) in [6, 6.07) is 11.0. The van der Waals surface area contributed by atoms with Crippen molar-refractivity contribution in [2.45, 2.75) is 13.5 Å². The molecule has 0 aliphatic rings. The molecule has 0 radical (unpaired) electrons. The smallest absolute Gasteiger partial charge is 0.120 e. The first-order valence-corrected chi connectivity index (χ1v) is 6.24. The van der Waals surface area contributed by atoms with Gasteiger partial charge in [0.25, 0.3) is 0 Å². The zero-order valence-corrected chi connectivity index (χ0v) is 11.4. The SMILES string of the molecule is Cc1cc(OCc2ccc(Cl)c(Cl)c2)ccc1N. The Kier molecular flexibility index (Phi) is 4.00. The molecule has 4 heteroatoms. The molecule has 0 aliphatic heterocycles. The zero-order valence-electron chi connectivity index (χ0n) is 9.91. The van der Waals surface area contributed by atoms with Crippen LogP contribution in [-0.4, -0.2) is 0 Å². The van der Waals surface area contributed by atoms with Crippen molar-refractivity contribution in [3.05, 3.63) is 57.6 Å². The van der Waals surface area contributed by atoms with Crippen LogP contribution in [0.5, 0.6) is 5.75 Å². The highest BCUT2D eigenvalue weighted by Gasteiger charge is 2.02. The van der Waals surface area contributed by atoms with E-state index in [4.69, 9.17) is 33.7 Å². The van der Waals surface area contributed by atoms with Crippen molar-refractivity contribution >= 4 is 28.9 Å². The average Bonchev–Trinajstić information content (AvgIpc) is 2.35. The van der Waals surface area contributed by atoms with Gasteiger partial charge in [0.1, 0.15) is 12.4 Å². The number of halogens is 2. The normalized spacial score (nSPS) is 10.4. The minimum Gasteiger partial charge on any atom is -0.489 e. The van der Waals surface area contributed by atoms with Crippen molar-refractivity contribution in [1.82, 2.24) is 0 Å². The van der Waals surface area contributed by atoms with E-state index in [0.717, 1.165) is 22.6 Å². The van der Waals surface area contributed by atoms with E-state index in [-0.39, 0.29) is 0 Å². The van der Waals surface area contributed by atoms with Crippen molar-refractivity contribution in [1.29, 1.82) is 0 Å². The number of hydrogen-bond donors (Lipinski definition) is 1. The predicted molar refractivity (Wildman–Crippen MR) is 76.4 cm³/mol. The van der Waals surface area contributed by atoms with E-state index in [1.807, 2.05) is 31.2 Å². The number of rotatable bonds is 3. The Morgan fingerprint density at radius 3 is 2.50 bits per heavy atom. The highest BCUT2D eigenvalue weighted by atomic mass is 35.5. The minimum absolute atomic E-state index is 0.445. The summed E-state index contributed by atoms with van der Waals surface area (Å²) in [5.41, 5.74) is 8.48. The molecule has 0 bridgehead atoms. The van der Waals surface area contributed by atoms with Crippen molar-refractivity contribution in [3.63, 3.8) is 0 Å². The number of ether oxygens (including phenoxy) is 1. The average molecular weight is 282 g/mol. The second-order valence-corrected chi connectivity index (χ2v) is 4.87. The van der Waals surface area contributed by atoms with E-state index in [1.54, 1.807) is 12.1 Å². The molecular weight excluding hydrogens is 269 g/mol. The molecule has 0 saturated heterocycles. The second-order valence-electron chi connectivity index (χ2n) is 4.06. The number of hydrogen-bond acceptors (Lipinski definition) is 2. The van der Waals surface area contributed by atoms with Crippen LogP contribution in [0, 0.1) is 6.92 Å². The van der Waals surface area contributed by atoms with Gasteiger partial charge in [0.15, 0.2) is 0 Å². The van der Waals surface area contributed by atoms with Crippen LogP contribution in [0.1, 0.15) is 11.1 Å². The molecule has 0 aliphatic carbocycles. The Hall–Kier alpha value is -1.38. The molecule has 2 aromatic rings. The van der Waals surface area contributed by atoms with Gasteiger partial charge < -0.3 is 10.5 Å². The van der Waals surface area contributed by atoms with Crippen LogP contribution in [0.15, 0.2) is 36.4 Å². The van der Waals surface area contributed by atoms with Gasteiger partial charge in [-0.2, -0.15) is 0 Å². The molecule has 0 atom stereocenters. The van der Waals surface area contributed by atoms with E-state index in [9.17, 15) is 0 Å². The summed E-state index contributed by atoms with van der Waals surface area (Å²) in [5.74, 6) is 0.785. The lowest BCUT2D eigenvalue weighted by atomic mass is 10.2. The number of nitrogens with two attached hydrogens (primary N) is 1. The quantitative estimate of drug-likeness (QED) is 0.843. The second kappa shape index (κ2) is 5.51. The molecular formula is C14H13Cl2NO. The molecule has 2 rings (SSSR count). The summed E-state index contributed by atoms with van der Waals surface area (Å²) in [4.78, 5) is 0. The van der Waals surface area contributed by atoms with Crippen LogP contribution >= 0.6 is 23.2 Å². The summed E-state index contributed by atoms with van der Waals surface area (Å²) in [6.07, 6.45) is 0. The molecule has 0 heterocycles. The largest absolute Gasteiger partial charge is 0.489 e. The fourth-order valence-corrected chi connectivity index (χ4v) is 1.85. The van der Waals surface area contributed by atoms with Crippen LogP contribution in [0.3, 0.4) is 0 Å². The molecule has 0 spiro atoms. The monoisotopic (exact) mass is 281 g/mol. The maximum absolute atomic E-state index is 5.94. The highest BCUT2D eigenvalue weighted by molar-refractivity contribution is 6.42. The molecule has 0 saturated carbocycles. The topological polar surface area (TPSA) is 35.2 Å². The first-order valence-electron chi connectivity index (χ1n) is 5.49. The lowest BCUT2D eigenvalue weighted by Crippen LogP contribution is -1.97. The van der Waals surface area contributed by atoms with Crippen molar-refractivity contribution in [3.8, 4) is 5.75 Å². The fraction of sp³-hybridized carbons (Fsp3) is 0.143. The number of nitrogen functional groups attached to an aromatic ring is 1. The van der Waals surface area contributed by atoms with Gasteiger partial charge in [-0.25, -0.2) is 0 Å². The summed E-state index contributed by atoms with van der Waals surface area (Å²) in [6.45, 7) is 2.39. The number of anilines is 1. The minimum atomic E-state index is 0.445. The van der Waals surface area contributed by atoms with E-state index in [2.05, 4.69) is 0 Å². The third-order valence-electron chi connectivity index (χ3n) is 2.63. The molecule has 2 N–H and O–H groups in total. The molecule has 18 heavy (non-hydrogen) atoms. The Morgan fingerprint density at radius 2 is 1.83 bits per heavy atom. The van der Waals surface area contributed by atoms with Gasteiger partial charge in [0, 0.05) is 5.69 Å². The summed E-state index contributed by atoms with van der Waals surface area (Å²) in [5, 5.41) is 1.08. The van der Waals surface area contributed by atoms with Crippen molar-refractivity contribution in [2.24, 2.45) is 0 Å². The van der Waals surface area contributed by atoms with E-state index in [1.165, 1.54) is 0 Å². The van der Waals surface area contributed by atoms with Gasteiger partial charge in [-0.1, -0.05) is 29.3 Å². The zero-order chi connectivity index (χ0) is 13.1. The van der Waals surface area contributed by atoms with Crippen molar-refractivity contribution < 1.29 is 4.74 Å². The lowest BCUT2D eigenvalue weighted by molar-refractivity contribution is 0.306. The maximum atomic E-state index is 5.94. The molecule has 0 aromatic heterocycles. The Labute approximate surface area is 116 Å². The van der Waals surface area contributed by atoms with Crippen LogP contribution in [-0.2, 0) is 6.61 Å². The van der Waals surface area contributed by atoms with E-state index < -0.39 is 0 Å². The summed E-state index contributed by atoms with van der Waals surface area (Å²) < 4.78 is 5.67. The molecule has 94 valence electrons. The van der Waals surface area contributed by atoms with Gasteiger partial charge in [-0.05, 0) is 48.4 Å². The van der Waals surface area contributed by atoms with Crippen LogP contribution in [0.4, 0.5) is 5.69 Å². The van der Waals surface area contributed by atoms with Crippen molar-refractivity contribution in [2.75, 3.05) is 5.73 Å². The Balaban J connectivity index is 2.06. The first-order chi connectivity index (χ1) is 8.56. The molecule has 2 aromatic carbocycles. The Bertz CT molecular complexity index is 518. The summed E-state index contributed by atoms with van der Waals surface area (Å²) in [7, 11) is 0. The van der Waals surface area contributed by atoms with Crippen LogP contribution in [0.2, 0.25) is 10.0 Å². The predicted octanol–water partition coefficient (Wildman–Crippen LogP) is 4.46. The Morgan fingerprint density at radius 1 is 1.06 bits per heavy atom. The third kappa shape index (κ3) is 3.09. The lowest BCUT2D eigenvalue weighted by Gasteiger charge is -2.09.